The number of amides is 1. The van der Waals surface area contributed by atoms with Crippen LogP contribution in [0.25, 0.3) is 5.69 Å². The summed E-state index contributed by atoms with van der Waals surface area (Å²) in [6.07, 6.45) is 0.134. The highest BCUT2D eigenvalue weighted by atomic mass is 19.2. The quantitative estimate of drug-likeness (QED) is 0.894. The normalized spacial score (nSPS) is 11.5. The Hall–Kier alpha value is -3.04. The van der Waals surface area contributed by atoms with Gasteiger partial charge in [0.25, 0.3) is 0 Å². The first-order valence-electron chi connectivity index (χ1n) is 6.22. The minimum Gasteiger partial charge on any atom is -0.445 e. The van der Waals surface area contributed by atoms with E-state index in [0.29, 0.717) is 0 Å². The van der Waals surface area contributed by atoms with Crippen LogP contribution in [-0.4, -0.2) is 27.0 Å². The second-order valence-corrected chi connectivity index (χ2v) is 4.41. The number of benzene rings is 1. The molecule has 2 N–H and O–H groups in total. The lowest BCUT2D eigenvalue weighted by atomic mass is 10.3. The number of hydrogen-bond acceptors (Lipinski definition) is 4. The van der Waals surface area contributed by atoms with E-state index in [9.17, 15) is 22.8 Å². The van der Waals surface area contributed by atoms with Gasteiger partial charge in [-0.2, -0.15) is 5.10 Å². The Kier molecular flexibility index (Phi) is 4.84. The molecule has 0 aliphatic heterocycles. The zero-order valence-electron chi connectivity index (χ0n) is 11.6. The van der Waals surface area contributed by atoms with Crippen molar-refractivity contribution < 1.29 is 22.7 Å². The summed E-state index contributed by atoms with van der Waals surface area (Å²) in [4.78, 5) is 22.6. The lowest BCUT2D eigenvalue weighted by Crippen LogP contribution is -2.26. The molecule has 23 heavy (non-hydrogen) atoms. The number of rotatable bonds is 5. The number of carbonyl (C=O) groups excluding carboxylic acids is 1. The predicted octanol–water partition coefficient (Wildman–Crippen LogP) is 1.26. The Morgan fingerprint density at radius 3 is 2.70 bits per heavy atom. The zero-order chi connectivity index (χ0) is 17.0. The number of nitrogens with two attached hydrogens (primary N) is 1. The molecule has 0 saturated carbocycles. The molecule has 2 rings (SSSR count). The summed E-state index contributed by atoms with van der Waals surface area (Å²) < 4.78 is 45.1. The second kappa shape index (κ2) is 6.81. The Labute approximate surface area is 127 Å². The largest absolute Gasteiger partial charge is 0.445 e. The molecule has 0 atom stereocenters. The van der Waals surface area contributed by atoms with Crippen molar-refractivity contribution in [1.29, 1.82) is 0 Å². The zero-order valence-corrected chi connectivity index (χ0v) is 11.6. The van der Waals surface area contributed by atoms with Crippen molar-refractivity contribution in [3.8, 4) is 5.69 Å². The average Bonchev–Trinajstić information content (AvgIpc) is 2.87. The summed E-state index contributed by atoms with van der Waals surface area (Å²) in [5.74, 6) is -2.18. The van der Waals surface area contributed by atoms with E-state index < -0.39 is 30.0 Å². The van der Waals surface area contributed by atoms with Gasteiger partial charge in [-0.15, -0.1) is 0 Å². The average molecular weight is 328 g/mol. The van der Waals surface area contributed by atoms with Crippen molar-refractivity contribution in [2.45, 2.75) is 6.54 Å². The van der Waals surface area contributed by atoms with Crippen LogP contribution in [-0.2, 0) is 11.3 Å². The van der Waals surface area contributed by atoms with Gasteiger partial charge in [-0.05, 0) is 12.1 Å². The lowest BCUT2D eigenvalue weighted by molar-refractivity contribution is 0.164. The van der Waals surface area contributed by atoms with E-state index >= 15 is 0 Å². The van der Waals surface area contributed by atoms with Crippen LogP contribution < -0.4 is 11.4 Å². The van der Waals surface area contributed by atoms with Gasteiger partial charge in [0.1, 0.15) is 12.9 Å². The van der Waals surface area contributed by atoms with Gasteiger partial charge in [-0.25, -0.2) is 32.0 Å². The van der Waals surface area contributed by atoms with E-state index in [1.54, 1.807) is 0 Å². The SMILES string of the molecule is NC(=O)OC/C(=C/F)Cn1ncn(-c2ccc(F)c(F)c2)c1=O. The van der Waals surface area contributed by atoms with Crippen molar-refractivity contribution in [1.82, 2.24) is 14.3 Å². The Morgan fingerprint density at radius 1 is 1.35 bits per heavy atom. The molecule has 1 aromatic carbocycles. The van der Waals surface area contributed by atoms with Gasteiger partial charge in [-0.1, -0.05) is 0 Å². The second-order valence-electron chi connectivity index (χ2n) is 4.41. The first kappa shape index (κ1) is 16.3. The molecular weight excluding hydrogens is 317 g/mol. The lowest BCUT2D eigenvalue weighted by Gasteiger charge is -2.05. The van der Waals surface area contributed by atoms with E-state index in [-0.39, 0.29) is 24.1 Å². The van der Waals surface area contributed by atoms with Gasteiger partial charge in [-0.3, -0.25) is 0 Å². The monoisotopic (exact) mass is 328 g/mol. The number of carbonyl (C=O) groups is 1. The molecule has 1 aromatic heterocycles. The Morgan fingerprint density at radius 2 is 2.09 bits per heavy atom. The molecule has 0 aliphatic carbocycles. The van der Waals surface area contributed by atoms with Crippen molar-refractivity contribution in [2.75, 3.05) is 6.61 Å². The molecule has 1 heterocycles. The predicted molar refractivity (Wildman–Crippen MR) is 72.5 cm³/mol. The van der Waals surface area contributed by atoms with E-state index in [2.05, 4.69) is 9.84 Å². The third-order valence-corrected chi connectivity index (χ3v) is 2.82. The molecule has 0 aliphatic rings. The Balaban J connectivity index is 2.23. The van der Waals surface area contributed by atoms with Crippen molar-refractivity contribution in [3.63, 3.8) is 0 Å². The van der Waals surface area contributed by atoms with Gasteiger partial charge in [0.05, 0.1) is 18.6 Å². The summed E-state index contributed by atoms with van der Waals surface area (Å²) in [7, 11) is 0. The van der Waals surface area contributed by atoms with Crippen LogP contribution in [0.15, 0.2) is 41.2 Å². The summed E-state index contributed by atoms with van der Waals surface area (Å²) >= 11 is 0. The summed E-state index contributed by atoms with van der Waals surface area (Å²) in [5, 5.41) is 3.73. The molecule has 0 bridgehead atoms. The van der Waals surface area contributed by atoms with Crippen LogP contribution in [0.2, 0.25) is 0 Å². The fourth-order valence-corrected chi connectivity index (χ4v) is 1.73. The maximum absolute atomic E-state index is 13.2. The number of ether oxygens (including phenoxy) is 1. The van der Waals surface area contributed by atoms with Crippen molar-refractivity contribution >= 4 is 6.09 Å². The van der Waals surface area contributed by atoms with Crippen LogP contribution in [0.3, 0.4) is 0 Å². The number of hydrogen-bond donors (Lipinski definition) is 1. The topological polar surface area (TPSA) is 92.1 Å². The molecule has 0 saturated heterocycles. The molecule has 122 valence electrons. The van der Waals surface area contributed by atoms with Crippen molar-refractivity contribution in [3.05, 3.63) is 58.5 Å². The van der Waals surface area contributed by atoms with Crippen LogP contribution >= 0.6 is 0 Å². The molecule has 0 spiro atoms. The number of nitrogens with zero attached hydrogens (tertiary/aromatic N) is 3. The molecule has 10 heteroatoms. The minimum atomic E-state index is -1.12. The first-order chi connectivity index (χ1) is 10.9. The Bertz CT molecular complexity index is 813. The molecule has 2 aromatic rings. The van der Waals surface area contributed by atoms with E-state index in [1.165, 1.54) is 6.07 Å². The summed E-state index contributed by atoms with van der Waals surface area (Å²) in [6, 6.07) is 2.88. The molecule has 0 fully saturated rings. The van der Waals surface area contributed by atoms with Crippen molar-refractivity contribution in [2.24, 2.45) is 5.73 Å². The highest BCUT2D eigenvalue weighted by Crippen LogP contribution is 2.11. The molecule has 1 amide bonds. The number of halogens is 3. The van der Waals surface area contributed by atoms with Crippen LogP contribution in [0, 0.1) is 11.6 Å². The summed E-state index contributed by atoms with van der Waals surface area (Å²) in [6.45, 7) is -0.754. The number of aromatic nitrogens is 3. The number of primary amides is 1. The maximum Gasteiger partial charge on any atom is 0.404 e. The third kappa shape index (κ3) is 3.78. The highest BCUT2D eigenvalue weighted by Gasteiger charge is 2.12. The van der Waals surface area contributed by atoms with Crippen LogP contribution in [0.5, 0.6) is 0 Å². The maximum atomic E-state index is 13.2. The highest BCUT2D eigenvalue weighted by molar-refractivity contribution is 5.64. The van der Waals surface area contributed by atoms with Crippen LogP contribution in [0.4, 0.5) is 18.0 Å². The standard InChI is InChI=1S/C13H11F3N4O3/c14-4-8(6-23-12(17)21)5-20-13(22)19(7-18-20)9-1-2-10(15)11(16)3-9/h1-4,7H,5-6H2,(H2,17,21)/b8-4+. The van der Waals surface area contributed by atoms with Gasteiger partial charge < -0.3 is 10.5 Å². The molecule has 7 nitrogen and oxygen atoms in total. The third-order valence-electron chi connectivity index (χ3n) is 2.82. The van der Waals surface area contributed by atoms with Gasteiger partial charge >= 0.3 is 11.8 Å². The molecular formula is C13H11F3N4O3. The fraction of sp³-hybridized carbons (Fsp3) is 0.154. The fourth-order valence-electron chi connectivity index (χ4n) is 1.73. The van der Waals surface area contributed by atoms with Gasteiger partial charge in [0.15, 0.2) is 11.6 Å². The molecule has 0 unspecified atom stereocenters. The van der Waals surface area contributed by atoms with Gasteiger partial charge in [0.2, 0.25) is 0 Å². The van der Waals surface area contributed by atoms with E-state index in [1.807, 2.05) is 0 Å². The van der Waals surface area contributed by atoms with Crippen LogP contribution in [0.1, 0.15) is 0 Å². The van der Waals surface area contributed by atoms with E-state index in [0.717, 1.165) is 27.7 Å². The first-order valence-corrected chi connectivity index (χ1v) is 6.22. The van der Waals surface area contributed by atoms with Gasteiger partial charge in [0, 0.05) is 11.6 Å². The molecule has 0 radical (unpaired) electrons. The van der Waals surface area contributed by atoms with E-state index in [4.69, 9.17) is 5.73 Å². The summed E-state index contributed by atoms with van der Waals surface area (Å²) in [5.41, 5.74) is 4.03. The smallest absolute Gasteiger partial charge is 0.404 e. The minimum absolute atomic E-state index is 0.0549.